The van der Waals surface area contributed by atoms with Gasteiger partial charge < -0.3 is 10.6 Å². The molecule has 0 aliphatic heterocycles. The highest BCUT2D eigenvalue weighted by Crippen LogP contribution is 2.21. The lowest BCUT2D eigenvalue weighted by atomic mass is 10.1. The van der Waals surface area contributed by atoms with Crippen molar-refractivity contribution in [1.29, 1.82) is 0 Å². The molecule has 6 nitrogen and oxygen atoms in total. The van der Waals surface area contributed by atoms with Gasteiger partial charge in [0.2, 0.25) is 5.82 Å². The number of fused-ring (bicyclic) bond motifs is 1. The van der Waals surface area contributed by atoms with Crippen LogP contribution in [0, 0.1) is 0 Å². The van der Waals surface area contributed by atoms with E-state index < -0.39 is 0 Å². The second-order valence-corrected chi connectivity index (χ2v) is 6.49. The van der Waals surface area contributed by atoms with Gasteiger partial charge in [-0.2, -0.15) is 0 Å². The van der Waals surface area contributed by atoms with E-state index in [0.717, 1.165) is 19.3 Å². The Hall–Kier alpha value is -3.15. The minimum atomic E-state index is -0.330. The highest BCUT2D eigenvalue weighted by molar-refractivity contribution is 6.09. The van der Waals surface area contributed by atoms with Crippen molar-refractivity contribution in [2.24, 2.45) is 0 Å². The quantitative estimate of drug-likeness (QED) is 0.744. The minimum absolute atomic E-state index is 0.230. The van der Waals surface area contributed by atoms with E-state index in [1.807, 2.05) is 36.4 Å². The van der Waals surface area contributed by atoms with Crippen molar-refractivity contribution in [3.8, 4) is 0 Å². The summed E-state index contributed by atoms with van der Waals surface area (Å²) in [6.07, 6.45) is 4.68. The standard InChI is InChI=1S/C20H20N4O2/c1-2-13-6-8-14(9-7-13)21-19(25)17-16-5-3-4-12-24(16)18(23-17)20(26)22-15-10-11-15/h3-9,12,15H,2,10-11H2,1H3,(H,21,25)(H,22,26). The number of hydrogen-bond acceptors (Lipinski definition) is 3. The Bertz CT molecular complexity index is 971. The number of amides is 2. The molecule has 1 aliphatic rings. The molecule has 26 heavy (non-hydrogen) atoms. The van der Waals surface area contributed by atoms with E-state index in [-0.39, 0.29) is 29.4 Å². The summed E-state index contributed by atoms with van der Waals surface area (Å²) in [6.45, 7) is 2.08. The van der Waals surface area contributed by atoms with Crippen molar-refractivity contribution < 1.29 is 9.59 Å². The first kappa shape index (κ1) is 16.3. The molecule has 1 saturated carbocycles. The van der Waals surface area contributed by atoms with Gasteiger partial charge in [-0.15, -0.1) is 0 Å². The van der Waals surface area contributed by atoms with E-state index in [1.165, 1.54) is 5.56 Å². The second-order valence-electron chi connectivity index (χ2n) is 6.49. The molecular formula is C20H20N4O2. The summed E-state index contributed by atoms with van der Waals surface area (Å²) < 4.78 is 1.66. The van der Waals surface area contributed by atoms with Gasteiger partial charge in [0.25, 0.3) is 11.8 Å². The van der Waals surface area contributed by atoms with Crippen molar-refractivity contribution in [2.75, 3.05) is 5.32 Å². The van der Waals surface area contributed by atoms with Gasteiger partial charge in [-0.25, -0.2) is 4.98 Å². The molecule has 0 unspecified atom stereocenters. The number of imidazole rings is 1. The largest absolute Gasteiger partial charge is 0.347 e. The summed E-state index contributed by atoms with van der Waals surface area (Å²) in [7, 11) is 0. The third kappa shape index (κ3) is 3.18. The van der Waals surface area contributed by atoms with Gasteiger partial charge in [0, 0.05) is 17.9 Å². The van der Waals surface area contributed by atoms with Crippen LogP contribution in [0.5, 0.6) is 0 Å². The van der Waals surface area contributed by atoms with Crippen LogP contribution in [0.3, 0.4) is 0 Å². The van der Waals surface area contributed by atoms with Gasteiger partial charge in [0.15, 0.2) is 5.69 Å². The molecule has 0 bridgehead atoms. The third-order valence-electron chi connectivity index (χ3n) is 4.50. The number of benzene rings is 1. The molecule has 1 fully saturated rings. The SMILES string of the molecule is CCc1ccc(NC(=O)c2nc(C(=O)NC3CC3)n3ccccc23)cc1. The Morgan fingerprint density at radius 3 is 2.58 bits per heavy atom. The zero-order chi connectivity index (χ0) is 18.1. The van der Waals surface area contributed by atoms with E-state index in [1.54, 1.807) is 16.7 Å². The first-order chi connectivity index (χ1) is 12.7. The van der Waals surface area contributed by atoms with Crippen molar-refractivity contribution in [3.63, 3.8) is 0 Å². The summed E-state index contributed by atoms with van der Waals surface area (Å²) in [4.78, 5) is 29.5. The molecule has 132 valence electrons. The van der Waals surface area contributed by atoms with Gasteiger partial charge in [0.1, 0.15) is 0 Å². The highest BCUT2D eigenvalue weighted by atomic mass is 16.2. The average molecular weight is 348 g/mol. The number of rotatable bonds is 5. The average Bonchev–Trinajstić information content (AvgIpc) is 3.39. The lowest BCUT2D eigenvalue weighted by Crippen LogP contribution is -2.27. The fraction of sp³-hybridized carbons (Fsp3) is 0.250. The molecule has 0 saturated heterocycles. The van der Waals surface area contributed by atoms with E-state index in [2.05, 4.69) is 22.5 Å². The van der Waals surface area contributed by atoms with Crippen molar-refractivity contribution >= 4 is 23.0 Å². The summed E-state index contributed by atoms with van der Waals surface area (Å²) in [6, 6.07) is 13.4. The number of pyridine rings is 1. The van der Waals surface area contributed by atoms with Gasteiger partial charge in [-0.1, -0.05) is 25.1 Å². The molecule has 3 aromatic rings. The van der Waals surface area contributed by atoms with Crippen LogP contribution in [0.15, 0.2) is 48.7 Å². The second kappa shape index (κ2) is 6.63. The predicted octanol–water partition coefficient (Wildman–Crippen LogP) is 3.04. The maximum atomic E-state index is 12.7. The molecule has 0 atom stereocenters. The van der Waals surface area contributed by atoms with E-state index in [4.69, 9.17) is 0 Å². The molecule has 1 aromatic carbocycles. The minimum Gasteiger partial charge on any atom is -0.347 e. The maximum Gasteiger partial charge on any atom is 0.287 e. The van der Waals surface area contributed by atoms with E-state index in [9.17, 15) is 9.59 Å². The molecule has 2 aromatic heterocycles. The molecule has 2 N–H and O–H groups in total. The summed E-state index contributed by atoms with van der Waals surface area (Å²) in [5.74, 6) is -0.345. The zero-order valence-electron chi connectivity index (χ0n) is 14.5. The summed E-state index contributed by atoms with van der Waals surface area (Å²) in [5.41, 5.74) is 2.75. The lowest BCUT2D eigenvalue weighted by molar-refractivity contribution is 0.0940. The molecule has 2 heterocycles. The van der Waals surface area contributed by atoms with Crippen LogP contribution in [0.4, 0.5) is 5.69 Å². The Morgan fingerprint density at radius 2 is 1.88 bits per heavy atom. The fourth-order valence-corrected chi connectivity index (χ4v) is 2.86. The fourth-order valence-electron chi connectivity index (χ4n) is 2.86. The Kier molecular flexibility index (Phi) is 4.16. The predicted molar refractivity (Wildman–Crippen MR) is 99.5 cm³/mol. The number of aryl methyl sites for hydroxylation is 1. The molecule has 6 heteroatoms. The van der Waals surface area contributed by atoms with Crippen molar-refractivity contribution in [2.45, 2.75) is 32.2 Å². The van der Waals surface area contributed by atoms with E-state index >= 15 is 0 Å². The highest BCUT2D eigenvalue weighted by Gasteiger charge is 2.27. The van der Waals surface area contributed by atoms with Gasteiger partial charge in [0.05, 0.1) is 5.52 Å². The van der Waals surface area contributed by atoms with Crippen LogP contribution in [0.2, 0.25) is 0 Å². The number of aromatic nitrogens is 2. The Morgan fingerprint density at radius 1 is 1.12 bits per heavy atom. The Balaban J connectivity index is 1.64. The Labute approximate surface area is 151 Å². The van der Waals surface area contributed by atoms with Crippen molar-refractivity contribution in [3.05, 3.63) is 65.7 Å². The van der Waals surface area contributed by atoms with Crippen molar-refractivity contribution in [1.82, 2.24) is 14.7 Å². The number of carbonyl (C=O) groups excluding carboxylic acids is 2. The maximum absolute atomic E-state index is 12.7. The van der Waals surface area contributed by atoms with Crippen LogP contribution in [-0.4, -0.2) is 27.2 Å². The smallest absolute Gasteiger partial charge is 0.287 e. The van der Waals surface area contributed by atoms with Crippen LogP contribution in [0.1, 0.15) is 46.4 Å². The monoisotopic (exact) mass is 348 g/mol. The number of anilines is 1. The topological polar surface area (TPSA) is 75.5 Å². The zero-order valence-corrected chi connectivity index (χ0v) is 14.5. The molecule has 1 aliphatic carbocycles. The first-order valence-corrected chi connectivity index (χ1v) is 8.84. The molecule has 2 amide bonds. The lowest BCUT2D eigenvalue weighted by Gasteiger charge is -2.04. The van der Waals surface area contributed by atoms with Crippen LogP contribution in [-0.2, 0) is 6.42 Å². The van der Waals surface area contributed by atoms with Crippen LogP contribution < -0.4 is 10.6 Å². The van der Waals surface area contributed by atoms with Crippen LogP contribution in [0.25, 0.3) is 5.52 Å². The van der Waals surface area contributed by atoms with Gasteiger partial charge in [-0.05, 0) is 49.1 Å². The normalized spacial score (nSPS) is 13.6. The molecule has 4 rings (SSSR count). The number of hydrogen-bond donors (Lipinski definition) is 2. The number of nitrogens with zero attached hydrogens (tertiary/aromatic N) is 2. The van der Waals surface area contributed by atoms with Crippen LogP contribution >= 0.6 is 0 Å². The molecular weight excluding hydrogens is 328 g/mol. The summed E-state index contributed by atoms with van der Waals surface area (Å²) >= 11 is 0. The molecule has 0 radical (unpaired) electrons. The molecule has 0 spiro atoms. The van der Waals surface area contributed by atoms with Gasteiger partial charge in [-0.3, -0.25) is 14.0 Å². The van der Waals surface area contributed by atoms with Gasteiger partial charge >= 0.3 is 0 Å². The third-order valence-corrected chi connectivity index (χ3v) is 4.50. The number of carbonyl (C=O) groups is 2. The number of nitrogens with one attached hydrogen (secondary N) is 2. The first-order valence-electron chi connectivity index (χ1n) is 8.84. The van der Waals surface area contributed by atoms with E-state index in [0.29, 0.717) is 11.2 Å². The summed E-state index contributed by atoms with van der Waals surface area (Å²) in [5, 5.41) is 5.78.